The van der Waals surface area contributed by atoms with E-state index < -0.39 is 0 Å². The van der Waals surface area contributed by atoms with Crippen molar-refractivity contribution in [2.75, 3.05) is 0 Å². The number of fused-ring (bicyclic) bond motifs is 13. The van der Waals surface area contributed by atoms with Crippen LogP contribution in [0.1, 0.15) is 22.3 Å². The molecule has 0 amide bonds. The molecule has 0 unspecified atom stereocenters. The van der Waals surface area contributed by atoms with Gasteiger partial charge in [-0.05, 0) is 115 Å². The second-order valence-electron chi connectivity index (χ2n) is 16.6. The highest BCUT2D eigenvalue weighted by Gasteiger charge is 2.51. The van der Waals surface area contributed by atoms with E-state index in [2.05, 4.69) is 235 Å². The van der Waals surface area contributed by atoms with Gasteiger partial charge in [0.2, 0.25) is 0 Å². The predicted octanol–water partition coefficient (Wildman–Crippen LogP) is 15.2. The number of benzene rings is 9. The van der Waals surface area contributed by atoms with Crippen molar-refractivity contribution in [3.63, 3.8) is 0 Å². The third kappa shape index (κ3) is 5.01. The molecule has 1 spiro atoms. The summed E-state index contributed by atoms with van der Waals surface area (Å²) in [5, 5.41) is 2.49. The van der Waals surface area contributed by atoms with Crippen molar-refractivity contribution in [1.29, 1.82) is 0 Å². The molecule has 2 aliphatic rings. The minimum Gasteiger partial charge on any atom is -0.309 e. The smallest absolute Gasteiger partial charge is 0.0725 e. The van der Waals surface area contributed by atoms with Crippen LogP contribution in [0.5, 0.6) is 0 Å². The van der Waals surface area contributed by atoms with Crippen molar-refractivity contribution in [1.82, 2.24) is 9.55 Å². The van der Waals surface area contributed by atoms with Gasteiger partial charge in [0.25, 0.3) is 0 Å². The fourth-order valence-corrected chi connectivity index (χ4v) is 10.7. The summed E-state index contributed by atoms with van der Waals surface area (Å²) in [6, 6.07) is 84.4. The normalized spacial score (nSPS) is 13.0. The van der Waals surface area contributed by atoms with E-state index in [9.17, 15) is 0 Å². The first-order valence-electron chi connectivity index (χ1n) is 21.5. The molecule has 11 aromatic rings. The van der Waals surface area contributed by atoms with Crippen LogP contribution in [-0.2, 0) is 5.41 Å². The number of hydrogen-bond acceptors (Lipinski definition) is 1. The third-order valence-electron chi connectivity index (χ3n) is 13.4. The molecule has 0 aliphatic heterocycles. The lowest BCUT2D eigenvalue weighted by atomic mass is 9.70. The van der Waals surface area contributed by atoms with Crippen LogP contribution in [0.25, 0.3) is 94.5 Å². The Balaban J connectivity index is 0.916. The fraction of sp³-hybridized carbons (Fsp3) is 0.0167. The highest BCUT2D eigenvalue weighted by molar-refractivity contribution is 6.10. The van der Waals surface area contributed by atoms with E-state index in [0.717, 1.165) is 39.3 Å². The van der Waals surface area contributed by atoms with Crippen molar-refractivity contribution in [3.8, 4) is 72.7 Å². The summed E-state index contributed by atoms with van der Waals surface area (Å²) in [5.41, 5.74) is 22.8. The molecule has 0 saturated carbocycles. The van der Waals surface area contributed by atoms with Crippen LogP contribution in [0, 0.1) is 0 Å². The van der Waals surface area contributed by atoms with E-state index in [1.165, 1.54) is 77.4 Å². The van der Waals surface area contributed by atoms with Crippen LogP contribution in [0.2, 0.25) is 0 Å². The van der Waals surface area contributed by atoms with E-state index >= 15 is 0 Å². The molecule has 2 nitrogen and oxygen atoms in total. The first-order valence-corrected chi connectivity index (χ1v) is 21.5. The summed E-state index contributed by atoms with van der Waals surface area (Å²) in [6.07, 6.45) is 0. The number of hydrogen-bond donors (Lipinski definition) is 0. The van der Waals surface area contributed by atoms with Crippen molar-refractivity contribution in [3.05, 3.63) is 253 Å². The molecule has 0 atom stereocenters. The Morgan fingerprint density at radius 2 is 0.758 bits per heavy atom. The molecule has 0 fully saturated rings. The van der Waals surface area contributed by atoms with Gasteiger partial charge in [-0.15, -0.1) is 0 Å². The van der Waals surface area contributed by atoms with Crippen LogP contribution in [0.15, 0.2) is 231 Å². The van der Waals surface area contributed by atoms with Crippen molar-refractivity contribution in [2.45, 2.75) is 5.41 Å². The van der Waals surface area contributed by atoms with E-state index in [4.69, 9.17) is 4.98 Å². The molecule has 2 heteroatoms. The standard InChI is InChI=1S/C60H38N2/c1-3-15-40(16-4-1)56-37-44(38-57(61-56)41-17-5-2-6-18-41)39-27-31-45(32-28-39)62-58-26-14-10-22-49(58)51-36-43(30-34-59(51)62)42-29-33-55-50(35-42)48-21-9-13-25-54(48)60(55)52-23-11-7-19-46(52)47-20-8-12-24-53(47)60/h1-38H. The highest BCUT2D eigenvalue weighted by Crippen LogP contribution is 2.63. The van der Waals surface area contributed by atoms with Crippen LogP contribution < -0.4 is 0 Å². The van der Waals surface area contributed by atoms with Gasteiger partial charge in [-0.3, -0.25) is 0 Å². The summed E-state index contributed by atoms with van der Waals surface area (Å²) in [6.45, 7) is 0. The van der Waals surface area contributed by atoms with Gasteiger partial charge in [0, 0.05) is 27.6 Å². The molecular weight excluding hydrogens is 749 g/mol. The van der Waals surface area contributed by atoms with Gasteiger partial charge in [-0.25, -0.2) is 4.98 Å². The maximum absolute atomic E-state index is 5.11. The molecule has 9 aromatic carbocycles. The largest absolute Gasteiger partial charge is 0.309 e. The quantitative estimate of drug-likeness (QED) is 0.170. The van der Waals surface area contributed by atoms with Crippen molar-refractivity contribution in [2.24, 2.45) is 0 Å². The Hall–Kier alpha value is -8.07. The maximum atomic E-state index is 5.11. The van der Waals surface area contributed by atoms with Gasteiger partial charge in [-0.1, -0.05) is 182 Å². The van der Waals surface area contributed by atoms with Crippen LogP contribution in [0.3, 0.4) is 0 Å². The Kier molecular flexibility index (Phi) is 7.55. The van der Waals surface area contributed by atoms with Crippen LogP contribution in [-0.4, -0.2) is 9.55 Å². The number of aromatic nitrogens is 2. The molecule has 0 N–H and O–H groups in total. The van der Waals surface area contributed by atoms with Gasteiger partial charge < -0.3 is 4.57 Å². The minimum absolute atomic E-state index is 0.337. The second kappa shape index (κ2) is 13.5. The molecule has 2 heterocycles. The summed E-state index contributed by atoms with van der Waals surface area (Å²) in [7, 11) is 0. The van der Waals surface area contributed by atoms with E-state index in [-0.39, 0.29) is 5.41 Å². The summed E-state index contributed by atoms with van der Waals surface area (Å²) in [4.78, 5) is 5.11. The molecule has 13 rings (SSSR count). The van der Waals surface area contributed by atoms with Crippen molar-refractivity contribution >= 4 is 21.8 Å². The van der Waals surface area contributed by atoms with E-state index in [1.54, 1.807) is 0 Å². The average Bonchev–Trinajstić information content (AvgIpc) is 3.96. The predicted molar refractivity (Wildman–Crippen MR) is 257 cm³/mol. The first-order chi connectivity index (χ1) is 30.7. The van der Waals surface area contributed by atoms with Crippen molar-refractivity contribution < 1.29 is 0 Å². The zero-order valence-electron chi connectivity index (χ0n) is 33.8. The number of para-hydroxylation sites is 1. The lowest BCUT2D eigenvalue weighted by Crippen LogP contribution is -2.25. The Bertz CT molecular complexity index is 3460. The Labute approximate surface area is 360 Å². The van der Waals surface area contributed by atoms with E-state index in [0.29, 0.717) is 0 Å². The molecule has 2 aromatic heterocycles. The topological polar surface area (TPSA) is 17.8 Å². The average molecular weight is 787 g/mol. The molecule has 0 saturated heterocycles. The Morgan fingerprint density at radius 1 is 0.290 bits per heavy atom. The zero-order valence-corrected chi connectivity index (χ0v) is 33.8. The Morgan fingerprint density at radius 3 is 1.39 bits per heavy atom. The zero-order chi connectivity index (χ0) is 40.8. The number of rotatable bonds is 5. The molecule has 2 aliphatic carbocycles. The molecule has 288 valence electrons. The van der Waals surface area contributed by atoms with Gasteiger partial charge >= 0.3 is 0 Å². The number of pyridine rings is 1. The van der Waals surface area contributed by atoms with Gasteiger partial charge in [0.15, 0.2) is 0 Å². The summed E-state index contributed by atoms with van der Waals surface area (Å²) >= 11 is 0. The fourth-order valence-electron chi connectivity index (χ4n) is 10.7. The SMILES string of the molecule is c1ccc(-c2cc(-c3ccc(-n4c5ccccc5c5cc(-c6ccc7c(c6)-c6ccccc6C76c7ccccc7-c7ccccc76)ccc54)cc3)cc(-c3ccccc3)n2)cc1. The number of nitrogens with zero attached hydrogens (tertiary/aromatic N) is 2. The molecule has 0 radical (unpaired) electrons. The van der Waals surface area contributed by atoms with Gasteiger partial charge in [0.05, 0.1) is 27.8 Å². The van der Waals surface area contributed by atoms with Crippen LogP contribution in [0.4, 0.5) is 0 Å². The first kappa shape index (κ1) is 34.8. The highest BCUT2D eigenvalue weighted by atomic mass is 15.0. The van der Waals surface area contributed by atoms with Gasteiger partial charge in [-0.2, -0.15) is 0 Å². The molecule has 0 bridgehead atoms. The third-order valence-corrected chi connectivity index (χ3v) is 13.4. The lowest BCUT2D eigenvalue weighted by Gasteiger charge is -2.30. The maximum Gasteiger partial charge on any atom is 0.0725 e. The summed E-state index contributed by atoms with van der Waals surface area (Å²) < 4.78 is 2.41. The van der Waals surface area contributed by atoms with Crippen LogP contribution >= 0.6 is 0 Å². The monoisotopic (exact) mass is 786 g/mol. The lowest BCUT2D eigenvalue weighted by molar-refractivity contribution is 0.794. The summed E-state index contributed by atoms with van der Waals surface area (Å²) in [5.74, 6) is 0. The van der Waals surface area contributed by atoms with Gasteiger partial charge in [0.1, 0.15) is 0 Å². The molecule has 62 heavy (non-hydrogen) atoms. The van der Waals surface area contributed by atoms with E-state index in [1.807, 2.05) is 0 Å². The second-order valence-corrected chi connectivity index (χ2v) is 16.6. The molecular formula is C60H38N2. The minimum atomic E-state index is -0.337.